The average molecular weight is 348 g/mol. The molecule has 0 bridgehead atoms. The molecular formula is C25H33N. The molecule has 0 amide bonds. The zero-order valence-corrected chi connectivity index (χ0v) is 16.9. The minimum absolute atomic E-state index is 0.840. The second kappa shape index (κ2) is 10.1. The SMILES string of the molecule is C=CN=C(Cc1cccc(C)c1)c1cc(CC)c(CCCCC)cc1C. The summed E-state index contributed by atoms with van der Waals surface area (Å²) < 4.78 is 0. The van der Waals surface area contributed by atoms with Gasteiger partial charge in [-0.25, -0.2) is 0 Å². The Bertz CT molecular complexity index is 768. The summed E-state index contributed by atoms with van der Waals surface area (Å²) in [6.45, 7) is 12.7. The van der Waals surface area contributed by atoms with E-state index in [4.69, 9.17) is 0 Å². The van der Waals surface area contributed by atoms with Crippen molar-refractivity contribution < 1.29 is 0 Å². The molecule has 0 unspecified atom stereocenters. The highest BCUT2D eigenvalue weighted by Gasteiger charge is 2.12. The molecule has 26 heavy (non-hydrogen) atoms. The smallest absolute Gasteiger partial charge is 0.0522 e. The second-order valence-corrected chi connectivity index (χ2v) is 7.17. The maximum Gasteiger partial charge on any atom is 0.0522 e. The van der Waals surface area contributed by atoms with Gasteiger partial charge in [-0.2, -0.15) is 0 Å². The maximum absolute atomic E-state index is 4.64. The van der Waals surface area contributed by atoms with Crippen LogP contribution in [-0.2, 0) is 19.3 Å². The molecule has 0 aliphatic heterocycles. The fourth-order valence-corrected chi connectivity index (χ4v) is 3.59. The molecule has 2 aromatic carbocycles. The Hall–Kier alpha value is -2.15. The van der Waals surface area contributed by atoms with Crippen molar-refractivity contribution in [1.29, 1.82) is 0 Å². The standard InChI is InChI=1S/C25H33N/c1-6-9-10-14-23-16-20(5)24(18-22(23)7-2)25(26-8-3)17-21-13-11-12-19(4)15-21/h8,11-13,15-16,18H,3,6-7,9-10,14,17H2,1-2,4-5H3. The third-order valence-electron chi connectivity index (χ3n) is 4.99. The summed E-state index contributed by atoms with van der Waals surface area (Å²) in [4.78, 5) is 4.64. The highest BCUT2D eigenvalue weighted by Crippen LogP contribution is 2.22. The molecule has 2 rings (SSSR count). The topological polar surface area (TPSA) is 12.4 Å². The van der Waals surface area contributed by atoms with Gasteiger partial charge in [-0.15, -0.1) is 0 Å². The first-order valence-electron chi connectivity index (χ1n) is 9.94. The highest BCUT2D eigenvalue weighted by atomic mass is 14.7. The van der Waals surface area contributed by atoms with Crippen LogP contribution in [0.1, 0.15) is 66.5 Å². The monoisotopic (exact) mass is 347 g/mol. The van der Waals surface area contributed by atoms with Crippen LogP contribution < -0.4 is 0 Å². The molecule has 0 heterocycles. The molecule has 0 aliphatic carbocycles. The molecule has 138 valence electrons. The largest absolute Gasteiger partial charge is 0.261 e. The van der Waals surface area contributed by atoms with Crippen LogP contribution >= 0.6 is 0 Å². The quantitative estimate of drug-likeness (QED) is 0.350. The molecule has 0 saturated carbocycles. The molecule has 0 saturated heterocycles. The third-order valence-corrected chi connectivity index (χ3v) is 4.99. The fraction of sp³-hybridized carbons (Fsp3) is 0.400. The van der Waals surface area contributed by atoms with Crippen LogP contribution in [0.3, 0.4) is 0 Å². The van der Waals surface area contributed by atoms with E-state index in [2.05, 4.69) is 75.7 Å². The molecule has 0 aromatic heterocycles. The van der Waals surface area contributed by atoms with E-state index in [1.807, 2.05) is 0 Å². The molecule has 0 N–H and O–H groups in total. The van der Waals surface area contributed by atoms with Crippen molar-refractivity contribution in [2.45, 2.75) is 66.2 Å². The average Bonchev–Trinajstić information content (AvgIpc) is 2.62. The summed E-state index contributed by atoms with van der Waals surface area (Å²) in [6.07, 6.45) is 8.62. The zero-order valence-electron chi connectivity index (χ0n) is 16.9. The number of unbranched alkanes of at least 4 members (excludes halogenated alkanes) is 2. The van der Waals surface area contributed by atoms with Crippen LogP contribution in [0.25, 0.3) is 0 Å². The Labute approximate surface area is 159 Å². The normalized spacial score (nSPS) is 11.6. The van der Waals surface area contributed by atoms with E-state index in [0.717, 1.165) is 18.6 Å². The van der Waals surface area contributed by atoms with Crippen molar-refractivity contribution >= 4 is 5.71 Å². The van der Waals surface area contributed by atoms with E-state index in [1.165, 1.54) is 59.1 Å². The number of hydrogen-bond donors (Lipinski definition) is 0. The number of aryl methyl sites for hydroxylation is 4. The first-order chi connectivity index (χ1) is 12.6. The van der Waals surface area contributed by atoms with Gasteiger partial charge in [0, 0.05) is 12.6 Å². The zero-order chi connectivity index (χ0) is 18.9. The summed E-state index contributed by atoms with van der Waals surface area (Å²) >= 11 is 0. The molecule has 0 spiro atoms. The van der Waals surface area contributed by atoms with Crippen molar-refractivity contribution in [3.63, 3.8) is 0 Å². The predicted octanol–water partition coefficient (Wildman–Crippen LogP) is 6.77. The van der Waals surface area contributed by atoms with Crippen molar-refractivity contribution in [2.24, 2.45) is 4.99 Å². The van der Waals surface area contributed by atoms with Gasteiger partial charge in [0.1, 0.15) is 0 Å². The minimum atomic E-state index is 0.840. The lowest BCUT2D eigenvalue weighted by atomic mass is 9.90. The summed E-state index contributed by atoms with van der Waals surface area (Å²) in [6, 6.07) is 13.4. The predicted molar refractivity (Wildman–Crippen MR) is 115 cm³/mol. The summed E-state index contributed by atoms with van der Waals surface area (Å²) in [7, 11) is 0. The van der Waals surface area contributed by atoms with Gasteiger partial charge in [0.25, 0.3) is 0 Å². The molecule has 0 fully saturated rings. The molecular weight excluding hydrogens is 314 g/mol. The number of aliphatic imine (C=N–C) groups is 1. The van der Waals surface area contributed by atoms with Crippen molar-refractivity contribution in [1.82, 2.24) is 0 Å². The third kappa shape index (κ3) is 5.42. The van der Waals surface area contributed by atoms with Gasteiger partial charge in [-0.1, -0.05) is 69.2 Å². The molecule has 0 atom stereocenters. The van der Waals surface area contributed by atoms with Gasteiger partial charge in [0.2, 0.25) is 0 Å². The number of hydrogen-bond acceptors (Lipinski definition) is 1. The van der Waals surface area contributed by atoms with Crippen LogP contribution in [0.5, 0.6) is 0 Å². The van der Waals surface area contributed by atoms with E-state index in [9.17, 15) is 0 Å². The Morgan fingerprint density at radius 2 is 1.85 bits per heavy atom. The lowest BCUT2D eigenvalue weighted by molar-refractivity contribution is 0.713. The van der Waals surface area contributed by atoms with Gasteiger partial charge < -0.3 is 0 Å². The summed E-state index contributed by atoms with van der Waals surface area (Å²) in [5, 5.41) is 0. The van der Waals surface area contributed by atoms with Crippen LogP contribution in [-0.4, -0.2) is 5.71 Å². The Balaban J connectivity index is 2.36. The maximum atomic E-state index is 4.64. The molecule has 0 radical (unpaired) electrons. The number of rotatable bonds is 9. The molecule has 1 nitrogen and oxygen atoms in total. The fourth-order valence-electron chi connectivity index (χ4n) is 3.59. The van der Waals surface area contributed by atoms with E-state index >= 15 is 0 Å². The van der Waals surface area contributed by atoms with Crippen LogP contribution in [0.4, 0.5) is 0 Å². The van der Waals surface area contributed by atoms with E-state index in [0.29, 0.717) is 0 Å². The van der Waals surface area contributed by atoms with Crippen LogP contribution in [0.15, 0.2) is 54.2 Å². The van der Waals surface area contributed by atoms with Crippen molar-refractivity contribution in [3.8, 4) is 0 Å². The van der Waals surface area contributed by atoms with Gasteiger partial charge in [-0.3, -0.25) is 4.99 Å². The Kier molecular flexibility index (Phi) is 7.84. The highest BCUT2D eigenvalue weighted by molar-refractivity contribution is 6.03. The van der Waals surface area contributed by atoms with E-state index in [1.54, 1.807) is 6.20 Å². The first-order valence-corrected chi connectivity index (χ1v) is 9.94. The lowest BCUT2D eigenvalue weighted by Gasteiger charge is -2.16. The van der Waals surface area contributed by atoms with Crippen LogP contribution in [0, 0.1) is 13.8 Å². The lowest BCUT2D eigenvalue weighted by Crippen LogP contribution is -2.09. The first kappa shape index (κ1) is 20.2. The van der Waals surface area contributed by atoms with Crippen LogP contribution in [0.2, 0.25) is 0 Å². The minimum Gasteiger partial charge on any atom is -0.261 e. The molecule has 1 heteroatoms. The Morgan fingerprint density at radius 3 is 2.50 bits per heavy atom. The van der Waals surface area contributed by atoms with E-state index in [-0.39, 0.29) is 0 Å². The summed E-state index contributed by atoms with van der Waals surface area (Å²) in [5.41, 5.74) is 9.26. The number of nitrogens with zero attached hydrogens (tertiary/aromatic N) is 1. The molecule has 2 aromatic rings. The second-order valence-electron chi connectivity index (χ2n) is 7.17. The summed E-state index contributed by atoms with van der Waals surface area (Å²) in [5.74, 6) is 0. The van der Waals surface area contributed by atoms with Crippen molar-refractivity contribution in [3.05, 3.63) is 82.6 Å². The van der Waals surface area contributed by atoms with E-state index < -0.39 is 0 Å². The van der Waals surface area contributed by atoms with Crippen molar-refractivity contribution in [2.75, 3.05) is 0 Å². The van der Waals surface area contributed by atoms with Gasteiger partial charge >= 0.3 is 0 Å². The molecule has 0 aliphatic rings. The number of benzene rings is 2. The van der Waals surface area contributed by atoms with Gasteiger partial charge in [0.15, 0.2) is 0 Å². The van der Waals surface area contributed by atoms with Gasteiger partial charge in [0.05, 0.1) is 5.71 Å². The Morgan fingerprint density at radius 1 is 1.04 bits per heavy atom. The van der Waals surface area contributed by atoms with Gasteiger partial charge in [-0.05, 0) is 67.0 Å².